The third-order valence-corrected chi connectivity index (χ3v) is 3.60. The Kier molecular flexibility index (Phi) is 3.15. The van der Waals surface area contributed by atoms with Crippen LogP contribution in [0.25, 0.3) is 11.1 Å². The lowest BCUT2D eigenvalue weighted by molar-refractivity contribution is 0.370. The van der Waals surface area contributed by atoms with Crippen LogP contribution < -0.4 is 5.32 Å². The highest BCUT2D eigenvalue weighted by atomic mass is 16.5. The summed E-state index contributed by atoms with van der Waals surface area (Å²) in [6, 6.07) is 9.06. The Morgan fingerprint density at radius 2 is 2.17 bits per heavy atom. The van der Waals surface area contributed by atoms with E-state index in [1.165, 1.54) is 24.0 Å². The van der Waals surface area contributed by atoms with Crippen LogP contribution in [0.4, 0.5) is 0 Å². The molecule has 1 aromatic heterocycles. The van der Waals surface area contributed by atoms with Gasteiger partial charge in [-0.1, -0.05) is 35.0 Å². The average Bonchev–Trinajstić information content (AvgIpc) is 3.02. The highest BCUT2D eigenvalue weighted by molar-refractivity contribution is 5.64. The van der Waals surface area contributed by atoms with Crippen LogP contribution in [-0.4, -0.2) is 17.7 Å². The molecule has 1 atom stereocenters. The number of rotatable bonds is 3. The Morgan fingerprint density at radius 1 is 1.33 bits per heavy atom. The van der Waals surface area contributed by atoms with E-state index in [4.69, 9.17) is 4.52 Å². The van der Waals surface area contributed by atoms with Gasteiger partial charge in [0.05, 0.1) is 6.20 Å². The van der Waals surface area contributed by atoms with Crippen molar-refractivity contribution < 1.29 is 4.52 Å². The number of aromatic nitrogens is 1. The SMILES string of the molecule is Cc1ccc(-c2cnoc2CC2CCCN2)cc1. The Morgan fingerprint density at radius 3 is 2.89 bits per heavy atom. The first-order valence-corrected chi connectivity index (χ1v) is 6.57. The number of nitrogens with zero attached hydrogens (tertiary/aromatic N) is 1. The van der Waals surface area contributed by atoms with Gasteiger partial charge in [-0.05, 0) is 31.9 Å². The molecule has 1 aliphatic rings. The third-order valence-electron chi connectivity index (χ3n) is 3.60. The van der Waals surface area contributed by atoms with E-state index in [2.05, 4.69) is 41.7 Å². The maximum atomic E-state index is 5.42. The van der Waals surface area contributed by atoms with E-state index in [-0.39, 0.29) is 0 Å². The van der Waals surface area contributed by atoms with Gasteiger partial charge in [0.25, 0.3) is 0 Å². The van der Waals surface area contributed by atoms with E-state index in [1.54, 1.807) is 0 Å². The molecule has 2 aromatic rings. The monoisotopic (exact) mass is 242 g/mol. The largest absolute Gasteiger partial charge is 0.361 e. The van der Waals surface area contributed by atoms with Crippen LogP contribution in [0.15, 0.2) is 35.0 Å². The number of aryl methyl sites for hydroxylation is 1. The van der Waals surface area contributed by atoms with Crippen LogP contribution in [0.5, 0.6) is 0 Å². The molecule has 0 spiro atoms. The quantitative estimate of drug-likeness (QED) is 0.899. The molecule has 0 saturated carbocycles. The first-order valence-electron chi connectivity index (χ1n) is 6.57. The lowest BCUT2D eigenvalue weighted by Gasteiger charge is -2.08. The fourth-order valence-corrected chi connectivity index (χ4v) is 2.53. The van der Waals surface area contributed by atoms with E-state index >= 15 is 0 Å². The van der Waals surface area contributed by atoms with Gasteiger partial charge in [0, 0.05) is 18.0 Å². The molecule has 1 unspecified atom stereocenters. The summed E-state index contributed by atoms with van der Waals surface area (Å²) < 4.78 is 5.42. The van der Waals surface area contributed by atoms with Crippen molar-refractivity contribution in [3.63, 3.8) is 0 Å². The number of hydrogen-bond donors (Lipinski definition) is 1. The summed E-state index contributed by atoms with van der Waals surface area (Å²) in [7, 11) is 0. The van der Waals surface area contributed by atoms with Crippen molar-refractivity contribution in [1.82, 2.24) is 10.5 Å². The van der Waals surface area contributed by atoms with Gasteiger partial charge in [-0.15, -0.1) is 0 Å². The predicted molar refractivity (Wildman–Crippen MR) is 71.4 cm³/mol. The van der Waals surface area contributed by atoms with Gasteiger partial charge in [0.1, 0.15) is 5.76 Å². The van der Waals surface area contributed by atoms with Crippen molar-refractivity contribution in [2.75, 3.05) is 6.54 Å². The predicted octanol–water partition coefficient (Wildman–Crippen LogP) is 2.94. The van der Waals surface area contributed by atoms with Gasteiger partial charge < -0.3 is 9.84 Å². The van der Waals surface area contributed by atoms with E-state index < -0.39 is 0 Å². The van der Waals surface area contributed by atoms with Gasteiger partial charge in [0.15, 0.2) is 0 Å². The summed E-state index contributed by atoms with van der Waals surface area (Å²) in [5.74, 6) is 0.998. The summed E-state index contributed by atoms with van der Waals surface area (Å²) in [5.41, 5.74) is 3.59. The molecule has 3 heteroatoms. The molecule has 18 heavy (non-hydrogen) atoms. The van der Waals surface area contributed by atoms with E-state index in [0.717, 1.165) is 24.3 Å². The molecule has 3 rings (SSSR count). The number of nitrogens with one attached hydrogen (secondary N) is 1. The van der Waals surface area contributed by atoms with E-state index in [1.807, 2.05) is 6.20 Å². The molecule has 1 N–H and O–H groups in total. The van der Waals surface area contributed by atoms with Crippen molar-refractivity contribution in [3.05, 3.63) is 41.8 Å². The molecule has 1 saturated heterocycles. The summed E-state index contributed by atoms with van der Waals surface area (Å²) in [5, 5.41) is 7.46. The van der Waals surface area contributed by atoms with Crippen LogP contribution >= 0.6 is 0 Å². The molecule has 94 valence electrons. The Bertz CT molecular complexity index is 510. The van der Waals surface area contributed by atoms with Crippen molar-refractivity contribution in [2.45, 2.75) is 32.2 Å². The lowest BCUT2D eigenvalue weighted by Crippen LogP contribution is -2.23. The highest BCUT2D eigenvalue weighted by Gasteiger charge is 2.19. The second kappa shape index (κ2) is 4.94. The minimum atomic E-state index is 0.544. The zero-order chi connectivity index (χ0) is 12.4. The van der Waals surface area contributed by atoms with Crippen LogP contribution in [0, 0.1) is 6.92 Å². The van der Waals surface area contributed by atoms with Gasteiger partial charge in [0.2, 0.25) is 0 Å². The molecular formula is C15H18N2O. The standard InChI is InChI=1S/C15H18N2O/c1-11-4-6-12(7-5-11)14-10-17-18-15(14)9-13-3-2-8-16-13/h4-7,10,13,16H,2-3,8-9H2,1H3. The topological polar surface area (TPSA) is 38.1 Å². The zero-order valence-corrected chi connectivity index (χ0v) is 10.6. The molecule has 1 fully saturated rings. The zero-order valence-electron chi connectivity index (χ0n) is 10.6. The number of benzene rings is 1. The molecule has 0 aliphatic carbocycles. The smallest absolute Gasteiger partial charge is 0.146 e. The molecule has 2 heterocycles. The Hall–Kier alpha value is -1.61. The molecule has 1 aromatic carbocycles. The van der Waals surface area contributed by atoms with E-state index in [9.17, 15) is 0 Å². The first-order chi connectivity index (χ1) is 8.83. The molecule has 0 bridgehead atoms. The second-order valence-electron chi connectivity index (χ2n) is 5.03. The summed E-state index contributed by atoms with van der Waals surface area (Å²) in [6.07, 6.45) is 5.25. The summed E-state index contributed by atoms with van der Waals surface area (Å²) in [6.45, 7) is 3.22. The molecule has 3 nitrogen and oxygen atoms in total. The van der Waals surface area contributed by atoms with Gasteiger partial charge >= 0.3 is 0 Å². The van der Waals surface area contributed by atoms with Crippen molar-refractivity contribution in [1.29, 1.82) is 0 Å². The van der Waals surface area contributed by atoms with E-state index in [0.29, 0.717) is 6.04 Å². The maximum Gasteiger partial charge on any atom is 0.146 e. The van der Waals surface area contributed by atoms with Crippen molar-refractivity contribution in [2.24, 2.45) is 0 Å². The molecular weight excluding hydrogens is 224 g/mol. The maximum absolute atomic E-state index is 5.42. The average molecular weight is 242 g/mol. The van der Waals surface area contributed by atoms with Crippen molar-refractivity contribution in [3.8, 4) is 11.1 Å². The fourth-order valence-electron chi connectivity index (χ4n) is 2.53. The van der Waals surface area contributed by atoms with Crippen LogP contribution in [-0.2, 0) is 6.42 Å². The third kappa shape index (κ3) is 2.31. The fraction of sp³-hybridized carbons (Fsp3) is 0.400. The van der Waals surface area contributed by atoms with Crippen LogP contribution in [0.2, 0.25) is 0 Å². The lowest BCUT2D eigenvalue weighted by atomic mass is 10.0. The number of hydrogen-bond acceptors (Lipinski definition) is 3. The highest BCUT2D eigenvalue weighted by Crippen LogP contribution is 2.26. The summed E-state index contributed by atoms with van der Waals surface area (Å²) >= 11 is 0. The van der Waals surface area contributed by atoms with Gasteiger partial charge in [-0.3, -0.25) is 0 Å². The molecule has 0 amide bonds. The van der Waals surface area contributed by atoms with Crippen LogP contribution in [0.3, 0.4) is 0 Å². The Balaban J connectivity index is 1.84. The summed E-state index contributed by atoms with van der Waals surface area (Å²) in [4.78, 5) is 0. The normalized spacial score (nSPS) is 19.3. The van der Waals surface area contributed by atoms with Crippen LogP contribution in [0.1, 0.15) is 24.2 Å². The van der Waals surface area contributed by atoms with Gasteiger partial charge in [-0.2, -0.15) is 0 Å². The Labute approximate surface area is 107 Å². The molecule has 1 aliphatic heterocycles. The second-order valence-corrected chi connectivity index (χ2v) is 5.03. The minimum absolute atomic E-state index is 0.544. The van der Waals surface area contributed by atoms with Gasteiger partial charge in [-0.25, -0.2) is 0 Å². The van der Waals surface area contributed by atoms with Crippen molar-refractivity contribution >= 4 is 0 Å². The minimum Gasteiger partial charge on any atom is -0.361 e. The first kappa shape index (κ1) is 11.5. The molecule has 0 radical (unpaired) electrons.